The summed E-state index contributed by atoms with van der Waals surface area (Å²) in [6, 6.07) is 2.45. The molecule has 3 heterocycles. The molecule has 0 aromatic carbocycles. The van der Waals surface area contributed by atoms with Crippen LogP contribution in [0.1, 0.15) is 50.2 Å². The highest BCUT2D eigenvalue weighted by molar-refractivity contribution is 7.09. The Hall–Kier alpha value is -1.50. The predicted octanol–water partition coefficient (Wildman–Crippen LogP) is 3.38. The number of hydrogen-bond donors (Lipinski definition) is 1. The Morgan fingerprint density at radius 2 is 2.24 bits per heavy atom. The molecule has 1 aliphatic heterocycles. The van der Waals surface area contributed by atoms with Crippen molar-refractivity contribution < 1.29 is 4.74 Å². The third kappa shape index (κ3) is 4.77. The smallest absolute Gasteiger partial charge is 0.137 e. The van der Waals surface area contributed by atoms with Gasteiger partial charge < -0.3 is 10.5 Å². The van der Waals surface area contributed by atoms with Crippen molar-refractivity contribution >= 4 is 11.3 Å². The zero-order chi connectivity index (χ0) is 17.9. The minimum absolute atomic E-state index is 0.0288. The molecule has 25 heavy (non-hydrogen) atoms. The number of likely N-dealkylation sites (tertiary alicyclic amines) is 1. The van der Waals surface area contributed by atoms with Crippen molar-refractivity contribution in [3.8, 4) is 5.75 Å². The van der Waals surface area contributed by atoms with E-state index in [0.717, 1.165) is 18.8 Å². The summed E-state index contributed by atoms with van der Waals surface area (Å²) < 4.78 is 5.91. The molecule has 0 spiro atoms. The molecule has 0 radical (unpaired) electrons. The van der Waals surface area contributed by atoms with Gasteiger partial charge in [0.2, 0.25) is 0 Å². The van der Waals surface area contributed by atoms with Gasteiger partial charge in [-0.25, -0.2) is 4.98 Å². The second-order valence-corrected chi connectivity index (χ2v) is 8.68. The van der Waals surface area contributed by atoms with Crippen LogP contribution in [0.5, 0.6) is 5.75 Å². The van der Waals surface area contributed by atoms with Gasteiger partial charge in [0.05, 0.1) is 18.3 Å². The number of ether oxygens (including phenoxy) is 1. The molecule has 3 rings (SSSR count). The minimum atomic E-state index is -0.0288. The van der Waals surface area contributed by atoms with Crippen LogP contribution in [0.15, 0.2) is 30.0 Å². The van der Waals surface area contributed by atoms with Crippen LogP contribution in [0.2, 0.25) is 0 Å². The van der Waals surface area contributed by atoms with E-state index in [1.165, 1.54) is 23.4 Å². The summed E-state index contributed by atoms with van der Waals surface area (Å²) in [5.41, 5.74) is 7.57. The lowest BCUT2D eigenvalue weighted by molar-refractivity contribution is 0.201. The van der Waals surface area contributed by atoms with Crippen LogP contribution in [-0.4, -0.2) is 40.6 Å². The molecule has 136 valence electrons. The Morgan fingerprint density at radius 3 is 2.96 bits per heavy atom. The molecule has 2 N–H and O–H groups in total. The van der Waals surface area contributed by atoms with Crippen molar-refractivity contribution in [2.75, 3.05) is 19.7 Å². The van der Waals surface area contributed by atoms with Crippen molar-refractivity contribution in [3.05, 3.63) is 40.6 Å². The van der Waals surface area contributed by atoms with Gasteiger partial charge in [0.1, 0.15) is 17.4 Å². The van der Waals surface area contributed by atoms with Gasteiger partial charge in [-0.1, -0.05) is 20.8 Å². The molecular weight excluding hydrogens is 332 g/mol. The van der Waals surface area contributed by atoms with Crippen molar-refractivity contribution in [1.29, 1.82) is 0 Å². The first kappa shape index (κ1) is 18.3. The monoisotopic (exact) mass is 360 g/mol. The number of hydrogen-bond acceptors (Lipinski definition) is 6. The number of rotatable bonds is 6. The average molecular weight is 361 g/mol. The van der Waals surface area contributed by atoms with E-state index in [-0.39, 0.29) is 11.5 Å². The van der Waals surface area contributed by atoms with Gasteiger partial charge >= 0.3 is 0 Å². The highest BCUT2D eigenvalue weighted by Gasteiger charge is 2.29. The third-order valence-electron chi connectivity index (χ3n) is 4.61. The third-order valence-corrected chi connectivity index (χ3v) is 5.49. The fraction of sp³-hybridized carbons (Fsp3) is 0.579. The Balaban J connectivity index is 1.54. The molecule has 1 saturated heterocycles. The first-order valence-corrected chi connectivity index (χ1v) is 9.79. The number of nitrogens with zero attached hydrogens (tertiary/aromatic N) is 3. The Kier molecular flexibility index (Phi) is 5.71. The molecule has 0 saturated carbocycles. The van der Waals surface area contributed by atoms with Crippen LogP contribution in [0, 0.1) is 0 Å². The lowest BCUT2D eigenvalue weighted by Crippen LogP contribution is -2.41. The summed E-state index contributed by atoms with van der Waals surface area (Å²) >= 11 is 1.73. The summed E-state index contributed by atoms with van der Waals surface area (Å²) in [6.45, 7) is 8.93. The van der Waals surface area contributed by atoms with Crippen LogP contribution in [0.4, 0.5) is 0 Å². The molecule has 0 aliphatic carbocycles. The van der Waals surface area contributed by atoms with Gasteiger partial charge in [-0.3, -0.25) is 9.88 Å². The topological polar surface area (TPSA) is 64.3 Å². The van der Waals surface area contributed by atoms with E-state index >= 15 is 0 Å². The standard InChI is InChI=1S/C19H28N4OS/c1-19(2,3)14-9-16(11-21-10-14)24-13-15(20)12-23-7-4-5-17(23)18-22-6-8-25-18/h6,8-11,15,17H,4-5,7,12-13,20H2,1-3H3/t15-,17+/m0/s1. The van der Waals surface area contributed by atoms with Crippen LogP contribution in [0.3, 0.4) is 0 Å². The van der Waals surface area contributed by atoms with E-state index < -0.39 is 0 Å². The van der Waals surface area contributed by atoms with E-state index in [1.807, 2.05) is 17.8 Å². The van der Waals surface area contributed by atoms with E-state index in [9.17, 15) is 0 Å². The molecule has 0 unspecified atom stereocenters. The number of thiazole rings is 1. The van der Waals surface area contributed by atoms with Crippen LogP contribution < -0.4 is 10.5 Å². The van der Waals surface area contributed by atoms with Gasteiger partial charge in [0, 0.05) is 24.3 Å². The molecule has 5 nitrogen and oxygen atoms in total. The lowest BCUT2D eigenvalue weighted by Gasteiger charge is -2.26. The second-order valence-electron chi connectivity index (χ2n) is 7.75. The van der Waals surface area contributed by atoms with Gasteiger partial charge in [0.15, 0.2) is 0 Å². The minimum Gasteiger partial charge on any atom is -0.490 e. The number of nitrogens with two attached hydrogens (primary N) is 1. The first-order chi connectivity index (χ1) is 11.9. The lowest BCUT2D eigenvalue weighted by atomic mass is 9.88. The highest BCUT2D eigenvalue weighted by atomic mass is 32.1. The summed E-state index contributed by atoms with van der Waals surface area (Å²) in [5.74, 6) is 0.792. The van der Waals surface area contributed by atoms with E-state index in [1.54, 1.807) is 17.5 Å². The zero-order valence-electron chi connectivity index (χ0n) is 15.3. The van der Waals surface area contributed by atoms with E-state index in [4.69, 9.17) is 10.5 Å². The van der Waals surface area contributed by atoms with Crippen LogP contribution in [0.25, 0.3) is 0 Å². The summed E-state index contributed by atoms with van der Waals surface area (Å²) in [4.78, 5) is 11.2. The number of pyridine rings is 1. The van der Waals surface area contributed by atoms with Crippen LogP contribution in [-0.2, 0) is 5.41 Å². The second kappa shape index (κ2) is 7.81. The predicted molar refractivity (Wildman–Crippen MR) is 102 cm³/mol. The Bertz CT molecular complexity index is 668. The van der Waals surface area contributed by atoms with Gasteiger partial charge in [-0.2, -0.15) is 0 Å². The number of aromatic nitrogens is 2. The molecule has 2 aromatic heterocycles. The molecule has 0 amide bonds. The van der Waals surface area contributed by atoms with Crippen LogP contribution >= 0.6 is 11.3 Å². The van der Waals surface area contributed by atoms with Crippen molar-refractivity contribution in [3.63, 3.8) is 0 Å². The zero-order valence-corrected chi connectivity index (χ0v) is 16.1. The maximum Gasteiger partial charge on any atom is 0.137 e. The molecule has 6 heteroatoms. The van der Waals surface area contributed by atoms with Crippen molar-refractivity contribution in [1.82, 2.24) is 14.9 Å². The average Bonchev–Trinajstić information content (AvgIpc) is 3.23. The van der Waals surface area contributed by atoms with Crippen molar-refractivity contribution in [2.45, 2.75) is 51.1 Å². The molecule has 2 atom stereocenters. The summed E-state index contributed by atoms with van der Waals surface area (Å²) in [6.07, 6.45) is 7.91. The fourth-order valence-corrected chi connectivity index (χ4v) is 4.00. The van der Waals surface area contributed by atoms with Gasteiger partial charge in [-0.15, -0.1) is 11.3 Å². The first-order valence-electron chi connectivity index (χ1n) is 8.91. The normalized spacial score (nSPS) is 19.9. The maximum atomic E-state index is 6.34. The maximum absolute atomic E-state index is 6.34. The van der Waals surface area contributed by atoms with Gasteiger partial charge in [0.25, 0.3) is 0 Å². The van der Waals surface area contributed by atoms with E-state index in [0.29, 0.717) is 12.6 Å². The molecule has 1 aliphatic rings. The molecule has 1 fully saturated rings. The molecular formula is C19H28N4OS. The summed E-state index contributed by atoms with van der Waals surface area (Å²) in [7, 11) is 0. The highest BCUT2D eigenvalue weighted by Crippen LogP contribution is 2.32. The van der Waals surface area contributed by atoms with Gasteiger partial charge in [-0.05, 0) is 36.4 Å². The van der Waals surface area contributed by atoms with E-state index in [2.05, 4.69) is 41.7 Å². The summed E-state index contributed by atoms with van der Waals surface area (Å²) in [5, 5.41) is 3.25. The SMILES string of the molecule is CC(C)(C)c1cncc(OC[C@@H](N)CN2CCC[C@@H]2c2nccs2)c1. The Labute approximate surface area is 154 Å². The molecule has 2 aromatic rings. The fourth-order valence-electron chi connectivity index (χ4n) is 3.19. The quantitative estimate of drug-likeness (QED) is 0.855. The largest absolute Gasteiger partial charge is 0.490 e. The Morgan fingerprint density at radius 1 is 1.40 bits per heavy atom. The van der Waals surface area contributed by atoms with Crippen molar-refractivity contribution in [2.24, 2.45) is 5.73 Å². The molecule has 0 bridgehead atoms.